The Balaban J connectivity index is 1.91. The largest absolute Gasteiger partial charge is 0.292 e. The summed E-state index contributed by atoms with van der Waals surface area (Å²) < 4.78 is 22.0. The van der Waals surface area contributed by atoms with Gasteiger partial charge in [-0.3, -0.25) is 19.9 Å². The summed E-state index contributed by atoms with van der Waals surface area (Å²) >= 11 is 1.46. The maximum Gasteiger partial charge on any atom is 0.263 e. The van der Waals surface area contributed by atoms with Gasteiger partial charge in [0.1, 0.15) is 0 Å². The van der Waals surface area contributed by atoms with Crippen LogP contribution in [0.15, 0.2) is 23.8 Å². The van der Waals surface area contributed by atoms with Gasteiger partial charge in [-0.1, -0.05) is 6.08 Å². The molecule has 0 saturated heterocycles. The fourth-order valence-corrected chi connectivity index (χ4v) is 3.27. The van der Waals surface area contributed by atoms with Crippen LogP contribution in [-0.4, -0.2) is 50.9 Å². The Morgan fingerprint density at radius 1 is 1.35 bits per heavy atom. The number of hydrogen-bond acceptors (Lipinski definition) is 6. The number of rotatable bonds is 6. The molecule has 7 nitrogen and oxygen atoms in total. The molecule has 0 bridgehead atoms. The Morgan fingerprint density at radius 3 is 2.70 bits per heavy atom. The summed E-state index contributed by atoms with van der Waals surface area (Å²) in [7, 11) is -3.50. The molecule has 1 aliphatic heterocycles. The number of sulfonamides is 1. The molecule has 0 fully saturated rings. The third-order valence-corrected chi connectivity index (χ3v) is 4.77. The Kier molecular flexibility index (Phi) is 5.69. The van der Waals surface area contributed by atoms with Crippen molar-refractivity contribution >= 4 is 33.1 Å². The van der Waals surface area contributed by atoms with E-state index >= 15 is 0 Å². The van der Waals surface area contributed by atoms with Crippen molar-refractivity contribution in [3.05, 3.63) is 33.5 Å². The number of nitrogens with zero attached hydrogens (tertiary/aromatic N) is 1. The third kappa shape index (κ3) is 5.54. The first kappa shape index (κ1) is 17.8. The highest BCUT2D eigenvalue weighted by atomic mass is 32.2. The molecular weight excluding hydrogens is 338 g/mol. The zero-order chi connectivity index (χ0) is 17.0. The standard InChI is InChI=1S/C14H19N3O4S2/c1-10-5-6-13(22-10)12(18)9-17-7-3-4-11(8-17)14(19)15-16-23(2,20)21/h4-6,16H,3,7-9H2,1-2H3,(H,15,19). The first-order valence-corrected chi connectivity index (χ1v) is 9.73. The molecule has 0 spiro atoms. The molecule has 0 radical (unpaired) electrons. The highest BCUT2D eigenvalue weighted by Gasteiger charge is 2.21. The van der Waals surface area contributed by atoms with Gasteiger partial charge in [-0.05, 0) is 25.5 Å². The number of carbonyl (C=O) groups excluding carboxylic acids is 2. The number of aryl methyl sites for hydroxylation is 1. The lowest BCUT2D eigenvalue weighted by molar-refractivity contribution is -0.118. The topological polar surface area (TPSA) is 95.6 Å². The van der Waals surface area contributed by atoms with E-state index in [2.05, 4.69) is 5.43 Å². The Bertz CT molecular complexity index is 737. The molecule has 1 aromatic heterocycles. The number of nitrogens with one attached hydrogen (secondary N) is 2. The third-order valence-electron chi connectivity index (χ3n) is 3.25. The molecule has 9 heteroatoms. The predicted octanol–water partition coefficient (Wildman–Crippen LogP) is 0.452. The lowest BCUT2D eigenvalue weighted by atomic mass is 10.1. The second kappa shape index (κ2) is 7.35. The van der Waals surface area contributed by atoms with E-state index in [1.54, 1.807) is 6.08 Å². The summed E-state index contributed by atoms with van der Waals surface area (Å²) in [6, 6.07) is 3.72. The van der Waals surface area contributed by atoms with Crippen molar-refractivity contribution in [3.8, 4) is 0 Å². The van der Waals surface area contributed by atoms with E-state index in [0.29, 0.717) is 30.0 Å². The summed E-state index contributed by atoms with van der Waals surface area (Å²) in [4.78, 5) is 29.8. The minimum atomic E-state index is -3.50. The van der Waals surface area contributed by atoms with Crippen molar-refractivity contribution in [2.75, 3.05) is 25.9 Å². The summed E-state index contributed by atoms with van der Waals surface area (Å²) in [5, 5.41) is 0. The van der Waals surface area contributed by atoms with E-state index in [4.69, 9.17) is 0 Å². The van der Waals surface area contributed by atoms with Gasteiger partial charge in [-0.15, -0.1) is 16.2 Å². The number of hydrogen-bond donors (Lipinski definition) is 2. The van der Waals surface area contributed by atoms with Gasteiger partial charge in [-0.2, -0.15) is 0 Å². The molecule has 0 aliphatic carbocycles. The average Bonchev–Trinajstić information content (AvgIpc) is 2.91. The van der Waals surface area contributed by atoms with Crippen LogP contribution in [0.4, 0.5) is 0 Å². The molecule has 1 aromatic rings. The molecule has 2 heterocycles. The second-order valence-electron chi connectivity index (χ2n) is 5.39. The fraction of sp³-hybridized carbons (Fsp3) is 0.429. The maximum absolute atomic E-state index is 12.2. The quantitative estimate of drug-likeness (QED) is 0.569. The van der Waals surface area contributed by atoms with Crippen molar-refractivity contribution in [2.45, 2.75) is 13.3 Å². The van der Waals surface area contributed by atoms with E-state index in [1.807, 2.05) is 28.8 Å². The summed E-state index contributed by atoms with van der Waals surface area (Å²) in [5.41, 5.74) is 2.59. The molecule has 126 valence electrons. The zero-order valence-electron chi connectivity index (χ0n) is 13.0. The summed E-state index contributed by atoms with van der Waals surface area (Å²) in [5.74, 6) is -0.474. The second-order valence-corrected chi connectivity index (χ2v) is 8.43. The first-order chi connectivity index (χ1) is 10.7. The van der Waals surface area contributed by atoms with Gasteiger partial charge in [0.25, 0.3) is 5.91 Å². The van der Waals surface area contributed by atoms with Crippen molar-refractivity contribution in [1.82, 2.24) is 15.2 Å². The molecule has 1 amide bonds. The average molecular weight is 357 g/mol. The normalized spacial score (nSPS) is 16.0. The van der Waals surface area contributed by atoms with Crippen LogP contribution in [0.2, 0.25) is 0 Å². The van der Waals surface area contributed by atoms with Crippen LogP contribution in [0, 0.1) is 6.92 Å². The van der Waals surface area contributed by atoms with Gasteiger partial charge < -0.3 is 0 Å². The lowest BCUT2D eigenvalue weighted by Gasteiger charge is -2.25. The molecule has 0 aromatic carbocycles. The molecule has 2 rings (SSSR count). The Morgan fingerprint density at radius 2 is 2.09 bits per heavy atom. The Labute approximate surface area is 139 Å². The smallest absolute Gasteiger partial charge is 0.263 e. The molecule has 0 unspecified atom stereocenters. The van der Waals surface area contributed by atoms with Crippen molar-refractivity contribution < 1.29 is 18.0 Å². The van der Waals surface area contributed by atoms with Crippen LogP contribution in [-0.2, 0) is 14.8 Å². The van der Waals surface area contributed by atoms with E-state index in [1.165, 1.54) is 11.3 Å². The predicted molar refractivity (Wildman–Crippen MR) is 88.6 cm³/mol. The number of thiophene rings is 1. The molecule has 1 aliphatic rings. The van der Waals surface area contributed by atoms with Crippen LogP contribution in [0.1, 0.15) is 21.0 Å². The van der Waals surface area contributed by atoms with E-state index in [0.717, 1.165) is 11.1 Å². The van der Waals surface area contributed by atoms with Crippen LogP contribution in [0.3, 0.4) is 0 Å². The highest BCUT2D eigenvalue weighted by Crippen LogP contribution is 2.17. The number of amides is 1. The van der Waals surface area contributed by atoms with Crippen molar-refractivity contribution in [2.24, 2.45) is 0 Å². The van der Waals surface area contributed by atoms with Gasteiger partial charge in [-0.25, -0.2) is 8.42 Å². The lowest BCUT2D eigenvalue weighted by Crippen LogP contribution is -2.45. The van der Waals surface area contributed by atoms with Gasteiger partial charge in [0.2, 0.25) is 10.0 Å². The maximum atomic E-state index is 12.2. The molecular formula is C14H19N3O4S2. The fourth-order valence-electron chi connectivity index (χ4n) is 2.19. The van der Waals surface area contributed by atoms with E-state index in [-0.39, 0.29) is 12.3 Å². The molecule has 2 N–H and O–H groups in total. The summed E-state index contributed by atoms with van der Waals surface area (Å²) in [6.45, 7) is 3.19. The SMILES string of the molecule is Cc1ccc(C(=O)CN2CCC=C(C(=O)NNS(C)(=O)=O)C2)s1. The molecule has 0 saturated carbocycles. The monoisotopic (exact) mass is 357 g/mol. The van der Waals surface area contributed by atoms with Gasteiger partial charge in [0.15, 0.2) is 5.78 Å². The van der Waals surface area contributed by atoms with E-state index < -0.39 is 15.9 Å². The minimum Gasteiger partial charge on any atom is -0.292 e. The van der Waals surface area contributed by atoms with Crippen LogP contribution in [0.5, 0.6) is 0 Å². The number of hydrazine groups is 1. The first-order valence-electron chi connectivity index (χ1n) is 7.03. The van der Waals surface area contributed by atoms with Crippen LogP contribution < -0.4 is 10.3 Å². The number of carbonyl (C=O) groups is 2. The van der Waals surface area contributed by atoms with Crippen molar-refractivity contribution in [1.29, 1.82) is 0 Å². The van der Waals surface area contributed by atoms with Crippen LogP contribution in [0.25, 0.3) is 0 Å². The highest BCUT2D eigenvalue weighted by molar-refractivity contribution is 7.88. The molecule has 0 atom stereocenters. The van der Waals surface area contributed by atoms with Gasteiger partial charge in [0, 0.05) is 23.5 Å². The zero-order valence-corrected chi connectivity index (χ0v) is 14.6. The Hall–Kier alpha value is -1.55. The minimum absolute atomic E-state index is 0.0269. The number of Topliss-reactive ketones (excluding diaryl/α,β-unsaturated/α-hetero) is 1. The molecule has 23 heavy (non-hydrogen) atoms. The van der Waals surface area contributed by atoms with Crippen molar-refractivity contribution in [3.63, 3.8) is 0 Å². The number of ketones is 1. The van der Waals surface area contributed by atoms with Gasteiger partial charge >= 0.3 is 0 Å². The summed E-state index contributed by atoms with van der Waals surface area (Å²) in [6.07, 6.45) is 3.35. The van der Waals surface area contributed by atoms with Gasteiger partial charge in [0.05, 0.1) is 17.7 Å². The van der Waals surface area contributed by atoms with Crippen LogP contribution >= 0.6 is 11.3 Å². The van der Waals surface area contributed by atoms with E-state index in [9.17, 15) is 18.0 Å².